The molecule has 1 rings (SSSR count). The molecule has 1 unspecified atom stereocenters. The van der Waals surface area contributed by atoms with Gasteiger partial charge in [0, 0.05) is 12.7 Å². The first-order chi connectivity index (χ1) is 7.36. The maximum absolute atomic E-state index is 12.9. The van der Waals surface area contributed by atoms with Gasteiger partial charge in [0.15, 0.2) is 0 Å². The van der Waals surface area contributed by atoms with E-state index in [2.05, 4.69) is 17.4 Å². The normalized spacial score (nSPS) is 15.6. The average molecular weight is 250 g/mol. The lowest BCUT2D eigenvalue weighted by Gasteiger charge is -2.31. The number of hydrogen-bond donors (Lipinski definition) is 1. The Kier molecular flexibility index (Phi) is 3.64. The molecule has 16 heavy (non-hydrogen) atoms. The standard InChI is InChI=1S/C10H9F3O2S/c1-15-9(8(14)16,10(11,12)13)7-5-3-2-4-6-7/h2-6H,1H3,(H,14,16). The summed E-state index contributed by atoms with van der Waals surface area (Å²) in [5, 5.41) is -1.39. The van der Waals surface area contributed by atoms with Crippen LogP contribution in [-0.2, 0) is 15.1 Å². The van der Waals surface area contributed by atoms with Crippen molar-refractivity contribution in [3.8, 4) is 0 Å². The molecule has 0 aliphatic rings. The summed E-state index contributed by atoms with van der Waals surface area (Å²) < 4.78 is 43.2. The molecule has 0 spiro atoms. The molecule has 1 aromatic rings. The van der Waals surface area contributed by atoms with E-state index in [0.717, 1.165) is 7.11 Å². The highest BCUT2D eigenvalue weighted by Crippen LogP contribution is 2.43. The Hall–Kier alpha value is -1.01. The zero-order valence-electron chi connectivity index (χ0n) is 8.28. The van der Waals surface area contributed by atoms with Crippen molar-refractivity contribution in [1.82, 2.24) is 0 Å². The van der Waals surface area contributed by atoms with Crippen LogP contribution in [0.3, 0.4) is 0 Å². The van der Waals surface area contributed by atoms with Crippen LogP contribution in [0.2, 0.25) is 0 Å². The average Bonchev–Trinajstić information content (AvgIpc) is 2.18. The lowest BCUT2D eigenvalue weighted by molar-refractivity contribution is -0.260. The number of ether oxygens (including phenoxy) is 1. The monoisotopic (exact) mass is 250 g/mol. The largest absolute Gasteiger partial charge is 0.429 e. The molecule has 0 heterocycles. The Bertz CT molecular complexity index is 377. The van der Waals surface area contributed by atoms with E-state index in [1.165, 1.54) is 24.3 Å². The maximum atomic E-state index is 12.9. The smallest absolute Gasteiger partial charge is 0.357 e. The molecule has 88 valence electrons. The number of hydrogen-bond acceptors (Lipinski definition) is 2. The fourth-order valence-electron chi connectivity index (χ4n) is 1.40. The molecule has 0 saturated carbocycles. The summed E-state index contributed by atoms with van der Waals surface area (Å²) in [6.07, 6.45) is -4.86. The number of carbonyl (C=O) groups is 1. The van der Waals surface area contributed by atoms with Crippen LogP contribution in [0.1, 0.15) is 5.56 Å². The third-order valence-electron chi connectivity index (χ3n) is 2.19. The van der Waals surface area contributed by atoms with Gasteiger partial charge in [0.1, 0.15) is 0 Å². The van der Waals surface area contributed by atoms with E-state index in [0.29, 0.717) is 0 Å². The third-order valence-corrected chi connectivity index (χ3v) is 2.50. The van der Waals surface area contributed by atoms with Crippen molar-refractivity contribution in [3.63, 3.8) is 0 Å². The van der Waals surface area contributed by atoms with E-state index >= 15 is 0 Å². The van der Waals surface area contributed by atoms with Gasteiger partial charge in [-0.2, -0.15) is 13.2 Å². The molecule has 0 aliphatic heterocycles. The summed E-state index contributed by atoms with van der Waals surface area (Å²) in [6.45, 7) is 0. The van der Waals surface area contributed by atoms with Crippen LogP contribution in [0.4, 0.5) is 13.2 Å². The molecule has 6 heteroatoms. The van der Waals surface area contributed by atoms with E-state index in [1.807, 2.05) is 0 Å². The van der Waals surface area contributed by atoms with Gasteiger partial charge in [-0.05, 0) is 0 Å². The van der Waals surface area contributed by atoms with Gasteiger partial charge < -0.3 is 4.74 Å². The highest BCUT2D eigenvalue weighted by molar-refractivity contribution is 7.96. The van der Waals surface area contributed by atoms with E-state index in [-0.39, 0.29) is 5.56 Å². The Morgan fingerprint density at radius 1 is 1.25 bits per heavy atom. The van der Waals surface area contributed by atoms with Crippen molar-refractivity contribution >= 4 is 17.7 Å². The zero-order valence-corrected chi connectivity index (χ0v) is 9.18. The number of carbonyl (C=O) groups excluding carboxylic acids is 1. The molecule has 0 fully saturated rings. The van der Waals surface area contributed by atoms with Gasteiger partial charge in [0.05, 0.1) is 0 Å². The number of alkyl halides is 3. The molecule has 0 aliphatic carbocycles. The molecule has 2 nitrogen and oxygen atoms in total. The predicted octanol–water partition coefficient (Wildman–Crippen LogP) is 2.55. The van der Waals surface area contributed by atoms with E-state index in [9.17, 15) is 18.0 Å². The van der Waals surface area contributed by atoms with Crippen LogP contribution in [0.5, 0.6) is 0 Å². The maximum Gasteiger partial charge on any atom is 0.429 e. The molecule has 0 amide bonds. The fourth-order valence-corrected chi connectivity index (χ4v) is 1.75. The second kappa shape index (κ2) is 4.47. The quantitative estimate of drug-likeness (QED) is 0.834. The molecule has 1 aromatic carbocycles. The molecule has 0 radical (unpaired) electrons. The Morgan fingerprint density at radius 2 is 1.75 bits per heavy atom. The predicted molar refractivity (Wildman–Crippen MR) is 55.2 cm³/mol. The van der Waals surface area contributed by atoms with Gasteiger partial charge in [-0.15, -0.1) is 12.6 Å². The van der Waals surface area contributed by atoms with Gasteiger partial charge in [-0.3, -0.25) is 4.79 Å². The minimum atomic E-state index is -4.86. The molecule has 0 N–H and O–H groups in total. The van der Waals surface area contributed by atoms with Crippen LogP contribution in [0.25, 0.3) is 0 Å². The number of methoxy groups -OCH3 is 1. The summed E-state index contributed by atoms with van der Waals surface area (Å²) in [5.41, 5.74) is -3.29. The number of benzene rings is 1. The van der Waals surface area contributed by atoms with E-state index in [4.69, 9.17) is 0 Å². The summed E-state index contributed by atoms with van der Waals surface area (Å²) in [5.74, 6) is 0. The second-order valence-electron chi connectivity index (χ2n) is 3.05. The van der Waals surface area contributed by atoms with E-state index in [1.54, 1.807) is 6.07 Å². The van der Waals surface area contributed by atoms with Gasteiger partial charge in [-0.25, -0.2) is 0 Å². The topological polar surface area (TPSA) is 26.3 Å². The van der Waals surface area contributed by atoms with Crippen molar-refractivity contribution in [1.29, 1.82) is 0 Å². The van der Waals surface area contributed by atoms with Crippen LogP contribution in [-0.4, -0.2) is 18.4 Å². The molecule has 0 bridgehead atoms. The summed E-state index contributed by atoms with van der Waals surface area (Å²) in [6, 6.07) is 6.68. The summed E-state index contributed by atoms with van der Waals surface area (Å²) in [7, 11) is 0.828. The fraction of sp³-hybridized carbons (Fsp3) is 0.300. The van der Waals surface area contributed by atoms with Crippen molar-refractivity contribution < 1.29 is 22.7 Å². The van der Waals surface area contributed by atoms with Gasteiger partial charge in [0.25, 0.3) is 5.60 Å². The SMILES string of the molecule is COC(C(=O)S)(c1ccccc1)C(F)(F)F. The van der Waals surface area contributed by atoms with Gasteiger partial charge >= 0.3 is 6.18 Å². The lowest BCUT2D eigenvalue weighted by atomic mass is 9.94. The number of halogens is 3. The Balaban J connectivity index is 3.42. The van der Waals surface area contributed by atoms with Crippen molar-refractivity contribution in [2.45, 2.75) is 11.8 Å². The highest BCUT2D eigenvalue weighted by Gasteiger charge is 2.61. The highest BCUT2D eigenvalue weighted by atomic mass is 32.1. The second-order valence-corrected chi connectivity index (χ2v) is 3.46. The van der Waals surface area contributed by atoms with Crippen molar-refractivity contribution in [3.05, 3.63) is 35.9 Å². The third kappa shape index (κ3) is 1.94. The van der Waals surface area contributed by atoms with Crippen molar-refractivity contribution in [2.75, 3.05) is 7.11 Å². The van der Waals surface area contributed by atoms with Crippen LogP contribution < -0.4 is 0 Å². The molecule has 0 aromatic heterocycles. The van der Waals surface area contributed by atoms with Crippen LogP contribution >= 0.6 is 12.6 Å². The van der Waals surface area contributed by atoms with Crippen LogP contribution in [0.15, 0.2) is 30.3 Å². The summed E-state index contributed by atoms with van der Waals surface area (Å²) in [4.78, 5) is 11.2. The molecular formula is C10H9F3O2S. The zero-order chi connectivity index (χ0) is 12.4. The lowest BCUT2D eigenvalue weighted by Crippen LogP contribution is -2.49. The minimum absolute atomic E-state index is 0.287. The molecule has 0 saturated heterocycles. The van der Waals surface area contributed by atoms with Crippen molar-refractivity contribution in [2.24, 2.45) is 0 Å². The molecular weight excluding hydrogens is 241 g/mol. The van der Waals surface area contributed by atoms with Gasteiger partial charge in [0.2, 0.25) is 5.12 Å². The molecule has 1 atom stereocenters. The minimum Gasteiger partial charge on any atom is -0.357 e. The number of rotatable bonds is 3. The first-order valence-electron chi connectivity index (χ1n) is 4.27. The first kappa shape index (κ1) is 13.1. The van der Waals surface area contributed by atoms with E-state index < -0.39 is 16.9 Å². The first-order valence-corrected chi connectivity index (χ1v) is 4.71. The summed E-state index contributed by atoms with van der Waals surface area (Å²) >= 11 is 3.28. The van der Waals surface area contributed by atoms with Gasteiger partial charge in [-0.1, -0.05) is 30.3 Å². The number of thiol groups is 1. The van der Waals surface area contributed by atoms with Crippen LogP contribution in [0, 0.1) is 0 Å². The Labute approximate surface area is 95.8 Å². The Morgan fingerprint density at radius 3 is 2.06 bits per heavy atom.